The number of aliphatic hydroxyl groups excluding tert-OH is 1. The average molecular weight is 242 g/mol. The molecule has 0 saturated carbocycles. The summed E-state index contributed by atoms with van der Waals surface area (Å²) in [5, 5.41) is 9.45. The SMILES string of the molecule is CN1CCOC(C)(C(=O)N2CCC(O)CC2)C1. The first-order valence-corrected chi connectivity index (χ1v) is 6.31. The zero-order chi connectivity index (χ0) is 12.5. The molecule has 0 aliphatic carbocycles. The van der Waals surface area contributed by atoms with E-state index in [4.69, 9.17) is 4.74 Å². The summed E-state index contributed by atoms with van der Waals surface area (Å²) in [4.78, 5) is 16.4. The highest BCUT2D eigenvalue weighted by Gasteiger charge is 2.41. The third kappa shape index (κ3) is 2.78. The highest BCUT2D eigenvalue weighted by molar-refractivity contribution is 5.85. The Bertz CT molecular complexity index is 289. The molecule has 17 heavy (non-hydrogen) atoms. The summed E-state index contributed by atoms with van der Waals surface area (Å²) in [5.74, 6) is 0.0657. The van der Waals surface area contributed by atoms with Gasteiger partial charge in [0.15, 0.2) is 5.60 Å². The van der Waals surface area contributed by atoms with Gasteiger partial charge in [-0.3, -0.25) is 4.79 Å². The maximum Gasteiger partial charge on any atom is 0.255 e. The van der Waals surface area contributed by atoms with Gasteiger partial charge < -0.3 is 19.6 Å². The van der Waals surface area contributed by atoms with Gasteiger partial charge in [-0.1, -0.05) is 0 Å². The molecule has 5 heteroatoms. The second-order valence-corrected chi connectivity index (χ2v) is 5.34. The monoisotopic (exact) mass is 242 g/mol. The molecule has 0 spiro atoms. The van der Waals surface area contributed by atoms with Crippen LogP contribution in [0.2, 0.25) is 0 Å². The molecule has 1 unspecified atom stereocenters. The largest absolute Gasteiger partial charge is 0.393 e. The molecule has 0 bridgehead atoms. The lowest BCUT2D eigenvalue weighted by atomic mass is 9.99. The van der Waals surface area contributed by atoms with Crippen LogP contribution in [0.4, 0.5) is 0 Å². The van der Waals surface area contributed by atoms with E-state index in [0.717, 1.165) is 6.54 Å². The van der Waals surface area contributed by atoms with E-state index < -0.39 is 5.60 Å². The van der Waals surface area contributed by atoms with Crippen molar-refractivity contribution in [2.24, 2.45) is 0 Å². The maximum absolute atomic E-state index is 12.4. The first-order valence-electron chi connectivity index (χ1n) is 6.31. The number of hydrogen-bond donors (Lipinski definition) is 1. The van der Waals surface area contributed by atoms with Crippen molar-refractivity contribution in [1.29, 1.82) is 0 Å². The van der Waals surface area contributed by atoms with Crippen molar-refractivity contribution in [1.82, 2.24) is 9.80 Å². The zero-order valence-corrected chi connectivity index (χ0v) is 10.7. The van der Waals surface area contributed by atoms with Crippen molar-refractivity contribution < 1.29 is 14.6 Å². The Kier molecular flexibility index (Phi) is 3.70. The molecule has 1 amide bonds. The molecule has 1 N–H and O–H groups in total. The topological polar surface area (TPSA) is 53.0 Å². The van der Waals surface area contributed by atoms with Crippen molar-refractivity contribution in [3.63, 3.8) is 0 Å². The Balaban J connectivity index is 1.98. The average Bonchev–Trinajstić information content (AvgIpc) is 2.29. The van der Waals surface area contributed by atoms with E-state index in [0.29, 0.717) is 39.1 Å². The van der Waals surface area contributed by atoms with Crippen LogP contribution in [-0.4, -0.2) is 72.4 Å². The molecule has 1 atom stereocenters. The Morgan fingerprint density at radius 3 is 2.59 bits per heavy atom. The van der Waals surface area contributed by atoms with Gasteiger partial charge in [-0.05, 0) is 26.8 Å². The molecule has 2 saturated heterocycles. The number of morpholine rings is 1. The Morgan fingerprint density at radius 1 is 1.35 bits per heavy atom. The van der Waals surface area contributed by atoms with Crippen molar-refractivity contribution in [3.8, 4) is 0 Å². The number of aliphatic hydroxyl groups is 1. The lowest BCUT2D eigenvalue weighted by molar-refractivity contribution is -0.168. The van der Waals surface area contributed by atoms with Gasteiger partial charge in [0.05, 0.1) is 12.7 Å². The number of ether oxygens (including phenoxy) is 1. The van der Waals surface area contributed by atoms with Gasteiger partial charge in [0, 0.05) is 26.2 Å². The van der Waals surface area contributed by atoms with Gasteiger partial charge in [0.25, 0.3) is 5.91 Å². The van der Waals surface area contributed by atoms with Gasteiger partial charge in [-0.2, -0.15) is 0 Å². The minimum Gasteiger partial charge on any atom is -0.393 e. The van der Waals surface area contributed by atoms with Crippen molar-refractivity contribution >= 4 is 5.91 Å². The summed E-state index contributed by atoms with van der Waals surface area (Å²) in [6.45, 7) is 5.28. The standard InChI is InChI=1S/C12H22N2O3/c1-12(9-13(2)7-8-17-12)11(16)14-5-3-10(15)4-6-14/h10,15H,3-9H2,1-2H3. The smallest absolute Gasteiger partial charge is 0.255 e. The van der Waals surface area contributed by atoms with Crippen molar-refractivity contribution in [2.75, 3.05) is 39.8 Å². The highest BCUT2D eigenvalue weighted by Crippen LogP contribution is 2.22. The van der Waals surface area contributed by atoms with E-state index in [1.165, 1.54) is 0 Å². The zero-order valence-electron chi connectivity index (χ0n) is 10.7. The Hall–Kier alpha value is -0.650. The lowest BCUT2D eigenvalue weighted by Gasteiger charge is -2.42. The number of piperidine rings is 1. The first-order chi connectivity index (χ1) is 8.01. The number of hydrogen-bond acceptors (Lipinski definition) is 4. The second kappa shape index (κ2) is 4.92. The summed E-state index contributed by atoms with van der Waals surface area (Å²) >= 11 is 0. The van der Waals surface area contributed by atoms with Crippen LogP contribution in [0.15, 0.2) is 0 Å². The van der Waals surface area contributed by atoms with Crippen LogP contribution in [0.25, 0.3) is 0 Å². The van der Waals surface area contributed by atoms with Crippen molar-refractivity contribution in [2.45, 2.75) is 31.5 Å². The van der Waals surface area contributed by atoms with Gasteiger partial charge in [-0.15, -0.1) is 0 Å². The van der Waals surface area contributed by atoms with Gasteiger partial charge in [0.2, 0.25) is 0 Å². The number of likely N-dealkylation sites (N-methyl/N-ethyl adjacent to an activating group) is 1. The Morgan fingerprint density at radius 2 is 2.00 bits per heavy atom. The van der Waals surface area contributed by atoms with E-state index in [-0.39, 0.29) is 12.0 Å². The Labute approximate surface area is 102 Å². The quantitative estimate of drug-likeness (QED) is 0.685. The van der Waals surface area contributed by atoms with E-state index in [1.54, 1.807) is 0 Å². The molecule has 98 valence electrons. The lowest BCUT2D eigenvalue weighted by Crippen LogP contribution is -2.59. The molecule has 0 aromatic carbocycles. The van der Waals surface area contributed by atoms with Crippen LogP contribution in [0.5, 0.6) is 0 Å². The van der Waals surface area contributed by atoms with Gasteiger partial charge in [-0.25, -0.2) is 0 Å². The molecule has 2 fully saturated rings. The van der Waals surface area contributed by atoms with Crippen LogP contribution >= 0.6 is 0 Å². The van der Waals surface area contributed by atoms with Crippen LogP contribution in [0.1, 0.15) is 19.8 Å². The molecule has 0 aromatic heterocycles. The molecular formula is C12H22N2O3. The van der Waals surface area contributed by atoms with Crippen LogP contribution in [0.3, 0.4) is 0 Å². The number of carbonyl (C=O) groups is 1. The van der Waals surface area contributed by atoms with E-state index >= 15 is 0 Å². The van der Waals surface area contributed by atoms with Crippen LogP contribution < -0.4 is 0 Å². The number of nitrogens with zero attached hydrogens (tertiary/aromatic N) is 2. The molecule has 0 radical (unpaired) electrons. The summed E-state index contributed by atoms with van der Waals surface area (Å²) in [5.41, 5.74) is -0.713. The minimum atomic E-state index is -0.713. The van der Waals surface area contributed by atoms with Crippen molar-refractivity contribution in [3.05, 3.63) is 0 Å². The molecule has 2 rings (SSSR count). The summed E-state index contributed by atoms with van der Waals surface area (Å²) in [7, 11) is 2.01. The molecule has 2 aliphatic heterocycles. The number of carbonyl (C=O) groups excluding carboxylic acids is 1. The first kappa shape index (κ1) is 12.8. The minimum absolute atomic E-state index is 0.0657. The number of likely N-dealkylation sites (tertiary alicyclic amines) is 1. The highest BCUT2D eigenvalue weighted by atomic mass is 16.5. The fourth-order valence-corrected chi connectivity index (χ4v) is 2.60. The van der Waals surface area contributed by atoms with E-state index in [9.17, 15) is 9.90 Å². The fourth-order valence-electron chi connectivity index (χ4n) is 2.60. The third-order valence-electron chi connectivity index (χ3n) is 3.67. The normalized spacial score (nSPS) is 32.8. The van der Waals surface area contributed by atoms with Gasteiger partial charge >= 0.3 is 0 Å². The summed E-state index contributed by atoms with van der Waals surface area (Å²) in [6, 6.07) is 0. The predicted molar refractivity (Wildman–Crippen MR) is 63.7 cm³/mol. The summed E-state index contributed by atoms with van der Waals surface area (Å²) in [6.07, 6.45) is 1.11. The van der Waals surface area contributed by atoms with Crippen LogP contribution in [0, 0.1) is 0 Å². The van der Waals surface area contributed by atoms with Crippen LogP contribution in [-0.2, 0) is 9.53 Å². The molecule has 5 nitrogen and oxygen atoms in total. The number of rotatable bonds is 1. The fraction of sp³-hybridized carbons (Fsp3) is 0.917. The second-order valence-electron chi connectivity index (χ2n) is 5.34. The third-order valence-corrected chi connectivity index (χ3v) is 3.67. The predicted octanol–water partition coefficient (Wildman–Crippen LogP) is -0.310. The molecule has 2 heterocycles. The van der Waals surface area contributed by atoms with E-state index in [2.05, 4.69) is 4.90 Å². The molecule has 2 aliphatic rings. The molecular weight excluding hydrogens is 220 g/mol. The summed E-state index contributed by atoms with van der Waals surface area (Å²) < 4.78 is 5.68. The number of amides is 1. The molecule has 0 aromatic rings. The van der Waals surface area contributed by atoms with E-state index in [1.807, 2.05) is 18.9 Å². The van der Waals surface area contributed by atoms with Gasteiger partial charge in [0.1, 0.15) is 0 Å². The maximum atomic E-state index is 12.4.